The molecule has 4 N–H and O–H groups in total. The van der Waals surface area contributed by atoms with Gasteiger partial charge in [-0.1, -0.05) is 0 Å². The van der Waals surface area contributed by atoms with Gasteiger partial charge in [0.25, 0.3) is 0 Å². The number of hydroxylamine groups is 2. The Morgan fingerprint density at radius 3 is 2.85 bits per heavy atom. The lowest BCUT2D eigenvalue weighted by molar-refractivity contribution is -0.0391. The minimum atomic E-state index is -0.939. The van der Waals surface area contributed by atoms with Crippen LogP contribution in [-0.4, -0.2) is 28.0 Å². The summed E-state index contributed by atoms with van der Waals surface area (Å²) >= 11 is 0. The fourth-order valence-corrected chi connectivity index (χ4v) is 0.839. The number of carbonyl (C=O) groups is 1. The van der Waals surface area contributed by atoms with Crippen molar-refractivity contribution in [2.75, 3.05) is 6.54 Å². The number of urea groups is 1. The zero-order valence-corrected chi connectivity index (χ0v) is 6.80. The minimum absolute atomic E-state index is 0.00197. The van der Waals surface area contributed by atoms with Gasteiger partial charge in [-0.05, 0) is 0 Å². The fraction of sp³-hybridized carbons (Fsp3) is 0.286. The first kappa shape index (κ1) is 9.40. The zero-order valence-electron chi connectivity index (χ0n) is 6.80. The molecular weight excluding hydrogens is 176 g/mol. The van der Waals surface area contributed by atoms with E-state index in [4.69, 9.17) is 20.5 Å². The van der Waals surface area contributed by atoms with Gasteiger partial charge < -0.3 is 15.3 Å². The number of hydrogen-bond donors (Lipinski definition) is 3. The largest absolute Gasteiger partial charge is 0.504 e. The first-order chi connectivity index (χ1) is 6.11. The molecule has 0 radical (unpaired) electrons. The maximum atomic E-state index is 10.3. The molecule has 1 rings (SSSR count). The average molecular weight is 186 g/mol. The molecule has 0 aliphatic rings. The predicted molar refractivity (Wildman–Crippen MR) is 42.2 cm³/mol. The van der Waals surface area contributed by atoms with Gasteiger partial charge in [-0.3, -0.25) is 5.21 Å². The quantitative estimate of drug-likeness (QED) is 0.466. The lowest BCUT2D eigenvalue weighted by Gasteiger charge is -2.09. The molecule has 0 aromatic carbocycles. The summed E-state index contributed by atoms with van der Waals surface area (Å²) in [5, 5.41) is 18.3. The van der Waals surface area contributed by atoms with E-state index < -0.39 is 6.03 Å². The Kier molecular flexibility index (Phi) is 2.76. The van der Waals surface area contributed by atoms with Crippen molar-refractivity contribution >= 4 is 6.03 Å². The van der Waals surface area contributed by atoms with Crippen LogP contribution < -0.4 is 5.73 Å². The van der Waals surface area contributed by atoms with Gasteiger partial charge >= 0.3 is 6.03 Å². The minimum Gasteiger partial charge on any atom is -0.504 e. The van der Waals surface area contributed by atoms with Crippen molar-refractivity contribution in [3.05, 3.63) is 18.1 Å². The molecule has 0 fully saturated rings. The van der Waals surface area contributed by atoms with Crippen molar-refractivity contribution < 1.29 is 19.5 Å². The van der Waals surface area contributed by atoms with Crippen molar-refractivity contribution in [3.63, 3.8) is 0 Å². The third-order valence-corrected chi connectivity index (χ3v) is 1.53. The predicted octanol–water partition coefficient (Wildman–Crippen LogP) is 0.298. The maximum Gasteiger partial charge on any atom is 0.338 e. The molecule has 6 nitrogen and oxygen atoms in total. The SMILES string of the molecule is NC(=O)N(O)CCc1occc1O. The molecule has 0 spiro atoms. The fourth-order valence-electron chi connectivity index (χ4n) is 0.839. The molecular formula is C7H10N2O4. The number of nitrogens with zero attached hydrogens (tertiary/aromatic N) is 1. The molecule has 6 heteroatoms. The van der Waals surface area contributed by atoms with Gasteiger partial charge in [-0.15, -0.1) is 0 Å². The first-order valence-electron chi connectivity index (χ1n) is 3.62. The van der Waals surface area contributed by atoms with E-state index in [1.54, 1.807) is 0 Å². The molecule has 2 amide bonds. The standard InChI is InChI=1S/C7H10N2O4/c8-7(11)9(12)3-1-6-5(10)2-4-13-6/h2,4,10,12H,1,3H2,(H2,8,11). The normalized spacial score (nSPS) is 9.92. The Hall–Kier alpha value is -1.69. The van der Waals surface area contributed by atoms with Crippen LogP contribution in [0.3, 0.4) is 0 Å². The van der Waals surface area contributed by atoms with E-state index in [1.807, 2.05) is 0 Å². The summed E-state index contributed by atoms with van der Waals surface area (Å²) in [6, 6.07) is 0.437. The number of furan rings is 1. The molecule has 0 saturated carbocycles. The van der Waals surface area contributed by atoms with Crippen LogP contribution in [0.4, 0.5) is 4.79 Å². The summed E-state index contributed by atoms with van der Waals surface area (Å²) in [4.78, 5) is 10.3. The van der Waals surface area contributed by atoms with Crippen LogP contribution in [-0.2, 0) is 6.42 Å². The molecule has 0 aliphatic carbocycles. The van der Waals surface area contributed by atoms with E-state index in [1.165, 1.54) is 12.3 Å². The third-order valence-electron chi connectivity index (χ3n) is 1.53. The van der Waals surface area contributed by atoms with E-state index in [2.05, 4.69) is 0 Å². The lowest BCUT2D eigenvalue weighted by atomic mass is 10.3. The lowest BCUT2D eigenvalue weighted by Crippen LogP contribution is -2.34. The number of aromatic hydroxyl groups is 1. The highest BCUT2D eigenvalue weighted by Gasteiger charge is 2.09. The van der Waals surface area contributed by atoms with Crippen LogP contribution in [0.25, 0.3) is 0 Å². The summed E-state index contributed by atoms with van der Waals surface area (Å²) in [6.07, 6.45) is 1.52. The molecule has 0 aliphatic heterocycles. The topological polar surface area (TPSA) is 99.9 Å². The molecule has 13 heavy (non-hydrogen) atoms. The number of primary amides is 1. The molecule has 1 aromatic rings. The van der Waals surface area contributed by atoms with Gasteiger partial charge in [-0.25, -0.2) is 9.86 Å². The average Bonchev–Trinajstić information content (AvgIpc) is 2.47. The summed E-state index contributed by atoms with van der Waals surface area (Å²) in [6.45, 7) is -0.0175. The van der Waals surface area contributed by atoms with Crippen molar-refractivity contribution in [2.24, 2.45) is 5.73 Å². The number of amides is 2. The van der Waals surface area contributed by atoms with Crippen LogP contribution in [0, 0.1) is 0 Å². The molecule has 1 aromatic heterocycles. The summed E-state index contributed by atoms with van der Waals surface area (Å²) < 4.78 is 4.85. The molecule has 0 unspecified atom stereocenters. The van der Waals surface area contributed by atoms with Crippen molar-refractivity contribution in [3.8, 4) is 5.75 Å². The summed E-state index contributed by atoms with van der Waals surface area (Å²) in [5.74, 6) is 0.304. The Morgan fingerprint density at radius 2 is 2.38 bits per heavy atom. The summed E-state index contributed by atoms with van der Waals surface area (Å²) in [7, 11) is 0. The monoisotopic (exact) mass is 186 g/mol. The van der Waals surface area contributed by atoms with Crippen molar-refractivity contribution in [1.29, 1.82) is 0 Å². The molecule has 72 valence electrons. The van der Waals surface area contributed by atoms with Gasteiger partial charge in [0.05, 0.1) is 12.8 Å². The molecule has 1 heterocycles. The van der Waals surface area contributed by atoms with Gasteiger partial charge in [0.15, 0.2) is 5.75 Å². The molecule has 0 bridgehead atoms. The Bertz CT molecular complexity index is 296. The summed E-state index contributed by atoms with van der Waals surface area (Å²) in [5.41, 5.74) is 4.76. The first-order valence-corrected chi connectivity index (χ1v) is 3.62. The van der Waals surface area contributed by atoms with Gasteiger partial charge in [0, 0.05) is 12.5 Å². The zero-order chi connectivity index (χ0) is 9.84. The van der Waals surface area contributed by atoms with E-state index in [-0.39, 0.29) is 18.7 Å². The van der Waals surface area contributed by atoms with Crippen LogP contribution in [0.15, 0.2) is 16.7 Å². The third kappa shape index (κ3) is 2.38. The van der Waals surface area contributed by atoms with Crippen LogP contribution >= 0.6 is 0 Å². The molecule has 0 saturated heterocycles. The number of carbonyl (C=O) groups excluding carboxylic acids is 1. The van der Waals surface area contributed by atoms with Crippen LogP contribution in [0.1, 0.15) is 5.76 Å². The highest BCUT2D eigenvalue weighted by molar-refractivity contribution is 5.70. The molecule has 0 atom stereocenters. The number of rotatable bonds is 3. The van der Waals surface area contributed by atoms with Crippen molar-refractivity contribution in [2.45, 2.75) is 6.42 Å². The van der Waals surface area contributed by atoms with Gasteiger partial charge in [-0.2, -0.15) is 0 Å². The van der Waals surface area contributed by atoms with Gasteiger partial charge in [0.2, 0.25) is 0 Å². The number of hydrogen-bond acceptors (Lipinski definition) is 4. The van der Waals surface area contributed by atoms with Crippen molar-refractivity contribution in [1.82, 2.24) is 5.06 Å². The highest BCUT2D eigenvalue weighted by Crippen LogP contribution is 2.17. The second-order valence-corrected chi connectivity index (χ2v) is 2.44. The van der Waals surface area contributed by atoms with Crippen LogP contribution in [0.2, 0.25) is 0 Å². The van der Waals surface area contributed by atoms with Crippen LogP contribution in [0.5, 0.6) is 5.75 Å². The number of nitrogens with two attached hydrogens (primary N) is 1. The Labute approximate surface area is 74.1 Å². The van der Waals surface area contributed by atoms with Gasteiger partial charge in [0.1, 0.15) is 5.76 Å². The van der Waals surface area contributed by atoms with E-state index in [9.17, 15) is 4.79 Å². The smallest absolute Gasteiger partial charge is 0.338 e. The Balaban J connectivity index is 2.44. The van der Waals surface area contributed by atoms with E-state index >= 15 is 0 Å². The second-order valence-electron chi connectivity index (χ2n) is 2.44. The highest BCUT2D eigenvalue weighted by atomic mass is 16.5. The second kappa shape index (κ2) is 3.81. The van der Waals surface area contributed by atoms with E-state index in [0.717, 1.165) is 0 Å². The Morgan fingerprint density at radius 1 is 1.69 bits per heavy atom. The maximum absolute atomic E-state index is 10.3. The van der Waals surface area contributed by atoms with E-state index in [0.29, 0.717) is 10.8 Å².